The molecule has 0 bridgehead atoms. The lowest BCUT2D eigenvalue weighted by molar-refractivity contribution is -0.124. The number of carbonyl (C=O) groups excluding carboxylic acids is 2. The lowest BCUT2D eigenvalue weighted by Crippen LogP contribution is -2.54. The third-order valence-corrected chi connectivity index (χ3v) is 3.73. The van der Waals surface area contributed by atoms with Crippen molar-refractivity contribution in [2.75, 3.05) is 18.5 Å². The molecule has 6 heteroatoms. The van der Waals surface area contributed by atoms with Gasteiger partial charge in [0.2, 0.25) is 5.91 Å². The second kappa shape index (κ2) is 6.68. The first-order chi connectivity index (χ1) is 10.7. The monoisotopic (exact) mass is 319 g/mol. The number of ether oxygens (including phenoxy) is 1. The van der Waals surface area contributed by atoms with Crippen LogP contribution in [0.5, 0.6) is 0 Å². The molecule has 4 N–H and O–H groups in total. The molecule has 0 spiro atoms. The number of nitrogens with two attached hydrogens (primary N) is 1. The number of benzene rings is 1. The number of nitrogens with one attached hydrogen (secondary N) is 2. The van der Waals surface area contributed by atoms with Crippen LogP contribution in [0.25, 0.3) is 0 Å². The zero-order chi connectivity index (χ0) is 17.1. The maximum Gasteiger partial charge on any atom is 0.251 e. The summed E-state index contributed by atoms with van der Waals surface area (Å²) in [5, 5.41) is 5.71. The van der Waals surface area contributed by atoms with Crippen molar-refractivity contribution in [1.82, 2.24) is 5.32 Å². The first-order valence-corrected chi connectivity index (χ1v) is 7.80. The molecule has 0 unspecified atom stereocenters. The molecule has 1 aliphatic heterocycles. The van der Waals surface area contributed by atoms with Crippen molar-refractivity contribution in [3.8, 4) is 0 Å². The lowest BCUT2D eigenvalue weighted by Gasteiger charge is -2.31. The number of amides is 2. The Hall–Kier alpha value is -1.92. The van der Waals surface area contributed by atoms with E-state index in [-0.39, 0.29) is 17.4 Å². The van der Waals surface area contributed by atoms with Crippen LogP contribution in [0.1, 0.15) is 44.0 Å². The van der Waals surface area contributed by atoms with E-state index in [1.165, 1.54) is 0 Å². The second-order valence-corrected chi connectivity index (χ2v) is 7.00. The summed E-state index contributed by atoms with van der Waals surface area (Å²) in [6.45, 7) is 6.77. The van der Waals surface area contributed by atoms with E-state index < -0.39 is 5.54 Å². The topological polar surface area (TPSA) is 93.5 Å². The van der Waals surface area contributed by atoms with E-state index in [1.807, 2.05) is 20.8 Å². The van der Waals surface area contributed by atoms with Crippen LogP contribution in [-0.2, 0) is 9.53 Å². The van der Waals surface area contributed by atoms with Gasteiger partial charge in [0.1, 0.15) is 5.54 Å². The Morgan fingerprint density at radius 3 is 2.22 bits per heavy atom. The van der Waals surface area contributed by atoms with E-state index in [1.54, 1.807) is 24.3 Å². The van der Waals surface area contributed by atoms with Crippen molar-refractivity contribution in [2.24, 2.45) is 5.73 Å². The molecule has 0 radical (unpaired) electrons. The van der Waals surface area contributed by atoms with Gasteiger partial charge in [0, 0.05) is 30.0 Å². The molecule has 23 heavy (non-hydrogen) atoms. The minimum atomic E-state index is -0.888. The molecule has 1 aromatic carbocycles. The second-order valence-electron chi connectivity index (χ2n) is 7.00. The van der Waals surface area contributed by atoms with Crippen LogP contribution in [0, 0.1) is 0 Å². The Morgan fingerprint density at radius 2 is 1.70 bits per heavy atom. The fraction of sp³-hybridized carbons (Fsp3) is 0.529. The molecule has 1 heterocycles. The number of hydrogen-bond acceptors (Lipinski definition) is 4. The van der Waals surface area contributed by atoms with Gasteiger partial charge in [-0.25, -0.2) is 0 Å². The van der Waals surface area contributed by atoms with Crippen LogP contribution in [0.3, 0.4) is 0 Å². The fourth-order valence-corrected chi connectivity index (χ4v) is 2.34. The van der Waals surface area contributed by atoms with Crippen LogP contribution < -0.4 is 16.4 Å². The summed E-state index contributed by atoms with van der Waals surface area (Å²) in [6.07, 6.45) is 1.01. The molecule has 0 aromatic heterocycles. The van der Waals surface area contributed by atoms with Crippen molar-refractivity contribution >= 4 is 17.5 Å². The van der Waals surface area contributed by atoms with Gasteiger partial charge in [-0.2, -0.15) is 0 Å². The molecule has 0 saturated carbocycles. The zero-order valence-corrected chi connectivity index (χ0v) is 13.9. The van der Waals surface area contributed by atoms with Gasteiger partial charge in [0.25, 0.3) is 5.91 Å². The Kier molecular flexibility index (Phi) is 5.06. The maximum atomic E-state index is 12.3. The quantitative estimate of drug-likeness (QED) is 0.790. The van der Waals surface area contributed by atoms with E-state index in [0.29, 0.717) is 37.3 Å². The van der Waals surface area contributed by atoms with Gasteiger partial charge in [0.05, 0.1) is 0 Å². The van der Waals surface area contributed by atoms with E-state index in [9.17, 15) is 9.59 Å². The van der Waals surface area contributed by atoms with Crippen LogP contribution in [0.15, 0.2) is 24.3 Å². The zero-order valence-electron chi connectivity index (χ0n) is 13.9. The fourth-order valence-electron chi connectivity index (χ4n) is 2.34. The van der Waals surface area contributed by atoms with Gasteiger partial charge >= 0.3 is 0 Å². The van der Waals surface area contributed by atoms with Crippen molar-refractivity contribution < 1.29 is 14.3 Å². The van der Waals surface area contributed by atoms with Gasteiger partial charge < -0.3 is 21.1 Å². The first kappa shape index (κ1) is 17.4. The molecule has 0 aliphatic carbocycles. The summed E-state index contributed by atoms with van der Waals surface area (Å²) in [6, 6.07) is 6.78. The van der Waals surface area contributed by atoms with Crippen LogP contribution >= 0.6 is 0 Å². The van der Waals surface area contributed by atoms with Crippen LogP contribution in [-0.4, -0.2) is 36.1 Å². The largest absolute Gasteiger partial charge is 0.381 e. The normalized spacial score (nSPS) is 17.4. The summed E-state index contributed by atoms with van der Waals surface area (Å²) in [4.78, 5) is 24.4. The van der Waals surface area contributed by atoms with Crippen molar-refractivity contribution in [3.05, 3.63) is 29.8 Å². The lowest BCUT2D eigenvalue weighted by atomic mass is 9.90. The molecule has 2 amide bonds. The van der Waals surface area contributed by atoms with Gasteiger partial charge in [-0.3, -0.25) is 9.59 Å². The Labute approximate surface area is 136 Å². The molecular weight excluding hydrogens is 294 g/mol. The minimum Gasteiger partial charge on any atom is -0.381 e. The smallest absolute Gasteiger partial charge is 0.251 e. The molecule has 6 nitrogen and oxygen atoms in total. The summed E-state index contributed by atoms with van der Waals surface area (Å²) >= 11 is 0. The van der Waals surface area contributed by atoms with E-state index in [2.05, 4.69) is 10.6 Å². The highest BCUT2D eigenvalue weighted by Crippen LogP contribution is 2.20. The molecule has 0 atom stereocenters. The predicted molar refractivity (Wildman–Crippen MR) is 89.3 cm³/mol. The average molecular weight is 319 g/mol. The Bertz CT molecular complexity index is 570. The van der Waals surface area contributed by atoms with Crippen molar-refractivity contribution in [3.63, 3.8) is 0 Å². The SMILES string of the molecule is CC(C)(C)NC(=O)c1ccc(NC(=O)C2(N)CCOCC2)cc1. The Balaban J connectivity index is 2.00. The summed E-state index contributed by atoms with van der Waals surface area (Å²) in [5.41, 5.74) is 6.13. The minimum absolute atomic E-state index is 0.143. The third-order valence-electron chi connectivity index (χ3n) is 3.73. The van der Waals surface area contributed by atoms with E-state index >= 15 is 0 Å². The third kappa shape index (κ3) is 4.77. The van der Waals surface area contributed by atoms with E-state index in [0.717, 1.165) is 0 Å². The average Bonchev–Trinajstić information content (AvgIpc) is 2.47. The first-order valence-electron chi connectivity index (χ1n) is 7.80. The molecule has 2 rings (SSSR count). The molecule has 1 fully saturated rings. The van der Waals surface area contributed by atoms with Gasteiger partial charge in [-0.1, -0.05) is 0 Å². The number of hydrogen-bond donors (Lipinski definition) is 3. The standard InChI is InChI=1S/C17H25N3O3/c1-16(2,3)20-14(21)12-4-6-13(7-5-12)19-15(22)17(18)8-10-23-11-9-17/h4-7H,8-11,18H2,1-3H3,(H,19,22)(H,20,21). The van der Waals surface area contributed by atoms with Crippen molar-refractivity contribution in [2.45, 2.75) is 44.7 Å². The van der Waals surface area contributed by atoms with Crippen LogP contribution in [0.4, 0.5) is 5.69 Å². The number of anilines is 1. The molecule has 1 aliphatic rings. The molecule has 1 saturated heterocycles. The predicted octanol–water partition coefficient (Wildman–Crippen LogP) is 1.66. The molecule has 126 valence electrons. The summed E-state index contributed by atoms with van der Waals surface area (Å²) in [5.74, 6) is -0.359. The highest BCUT2D eigenvalue weighted by Gasteiger charge is 2.35. The van der Waals surface area contributed by atoms with Gasteiger partial charge in [-0.15, -0.1) is 0 Å². The molecule has 1 aromatic rings. The highest BCUT2D eigenvalue weighted by atomic mass is 16.5. The summed E-state index contributed by atoms with van der Waals surface area (Å²) < 4.78 is 5.24. The Morgan fingerprint density at radius 1 is 1.13 bits per heavy atom. The number of rotatable bonds is 3. The van der Waals surface area contributed by atoms with Gasteiger partial charge in [0.15, 0.2) is 0 Å². The number of carbonyl (C=O) groups is 2. The van der Waals surface area contributed by atoms with Crippen LogP contribution in [0.2, 0.25) is 0 Å². The highest BCUT2D eigenvalue weighted by molar-refractivity contribution is 5.99. The van der Waals surface area contributed by atoms with E-state index in [4.69, 9.17) is 10.5 Å². The van der Waals surface area contributed by atoms with Crippen molar-refractivity contribution in [1.29, 1.82) is 0 Å². The molecular formula is C17H25N3O3. The maximum absolute atomic E-state index is 12.3. The van der Waals surface area contributed by atoms with Gasteiger partial charge in [-0.05, 0) is 57.9 Å². The summed E-state index contributed by atoms with van der Waals surface area (Å²) in [7, 11) is 0.